The molecule has 0 unspecified atom stereocenters. The van der Waals surface area contributed by atoms with E-state index in [1.807, 2.05) is 0 Å². The van der Waals surface area contributed by atoms with Crippen molar-refractivity contribution < 1.29 is 30.4 Å². The molecule has 2 heterocycles. The van der Waals surface area contributed by atoms with E-state index < -0.39 is 40.2 Å². The third-order valence-corrected chi connectivity index (χ3v) is 6.35. The minimum Gasteiger partial charge on any atom is -0.306 e. The van der Waals surface area contributed by atoms with Gasteiger partial charge in [0, 0.05) is 25.2 Å². The van der Waals surface area contributed by atoms with Crippen molar-refractivity contribution in [2.45, 2.75) is 36.0 Å². The zero-order chi connectivity index (χ0) is 18.4. The summed E-state index contributed by atoms with van der Waals surface area (Å²) in [5, 5.41) is 3.11. The van der Waals surface area contributed by atoms with Gasteiger partial charge in [-0.05, 0) is 30.5 Å². The monoisotopic (exact) mass is 384 g/mol. The molecule has 10 heteroatoms. The fourth-order valence-corrected chi connectivity index (χ4v) is 5.06. The van der Waals surface area contributed by atoms with Crippen LogP contribution in [0.1, 0.15) is 24.4 Å². The number of hydrogen-bond acceptors (Lipinski definition) is 4. The summed E-state index contributed by atoms with van der Waals surface area (Å²) in [4.78, 5) is 1.02. The highest BCUT2D eigenvalue weighted by atomic mass is 32.2. The Hall–Kier alpha value is -1.26. The molecule has 0 amide bonds. The average Bonchev–Trinajstić information content (AvgIpc) is 2.89. The Kier molecular flexibility index (Phi) is 4.80. The van der Waals surface area contributed by atoms with E-state index in [9.17, 15) is 30.4 Å². The maximum absolute atomic E-state index is 13.6. The van der Waals surface area contributed by atoms with Crippen molar-refractivity contribution >= 4 is 9.84 Å². The second-order valence-electron chi connectivity index (χ2n) is 6.47. The van der Waals surface area contributed by atoms with E-state index in [1.54, 1.807) is 0 Å². The maximum Gasteiger partial charge on any atom is 0.401 e. The Bertz CT molecular complexity index is 766. The van der Waals surface area contributed by atoms with E-state index in [0.29, 0.717) is 12.5 Å². The van der Waals surface area contributed by atoms with Crippen LogP contribution in [0.25, 0.3) is 0 Å². The number of sulfone groups is 1. The number of nitrogens with zero attached hydrogens (tertiary/aromatic N) is 1. The molecule has 1 fully saturated rings. The van der Waals surface area contributed by atoms with E-state index >= 15 is 0 Å². The summed E-state index contributed by atoms with van der Waals surface area (Å²) in [7, 11) is -3.69. The van der Waals surface area contributed by atoms with Crippen molar-refractivity contribution in [2.24, 2.45) is 0 Å². The number of alkyl halides is 3. The van der Waals surface area contributed by atoms with Gasteiger partial charge >= 0.3 is 6.18 Å². The van der Waals surface area contributed by atoms with Gasteiger partial charge in [-0.25, -0.2) is 17.2 Å². The molecule has 3 rings (SSSR count). The quantitative estimate of drug-likeness (QED) is 0.642. The summed E-state index contributed by atoms with van der Waals surface area (Å²) >= 11 is 0. The van der Waals surface area contributed by atoms with Crippen LogP contribution < -0.4 is 5.32 Å². The lowest BCUT2D eigenvalue weighted by Crippen LogP contribution is -2.40. The van der Waals surface area contributed by atoms with Gasteiger partial charge in [0.2, 0.25) is 0 Å². The van der Waals surface area contributed by atoms with Gasteiger partial charge < -0.3 is 5.32 Å². The average molecular weight is 384 g/mol. The first-order valence-electron chi connectivity index (χ1n) is 7.82. The van der Waals surface area contributed by atoms with Crippen LogP contribution in [0.15, 0.2) is 17.0 Å². The Labute approximate surface area is 141 Å². The SMILES string of the molecule is O=S1(=O)CC[C@H](N[C@H]2CCN(CC(F)(F)F)C2)c2cc(F)c(F)cc21. The summed E-state index contributed by atoms with van der Waals surface area (Å²) < 4.78 is 88.5. The summed E-state index contributed by atoms with van der Waals surface area (Å²) in [6, 6.07) is 0.735. The highest BCUT2D eigenvalue weighted by Crippen LogP contribution is 2.34. The van der Waals surface area contributed by atoms with E-state index in [4.69, 9.17) is 0 Å². The molecule has 0 aliphatic carbocycles. The Balaban J connectivity index is 1.76. The molecule has 4 nitrogen and oxygen atoms in total. The van der Waals surface area contributed by atoms with Crippen molar-refractivity contribution in [3.8, 4) is 0 Å². The maximum atomic E-state index is 13.6. The lowest BCUT2D eigenvalue weighted by atomic mass is 10.0. The number of hydrogen-bond donors (Lipinski definition) is 1. The third kappa shape index (κ3) is 4.12. The topological polar surface area (TPSA) is 49.4 Å². The van der Waals surface area contributed by atoms with E-state index in [1.165, 1.54) is 4.90 Å². The van der Waals surface area contributed by atoms with Crippen LogP contribution in [0, 0.1) is 11.6 Å². The van der Waals surface area contributed by atoms with E-state index in [-0.39, 0.29) is 41.8 Å². The second-order valence-corrected chi connectivity index (χ2v) is 8.54. The molecule has 1 saturated heterocycles. The summed E-state index contributed by atoms with van der Waals surface area (Å²) in [6.45, 7) is -0.560. The van der Waals surface area contributed by atoms with E-state index in [2.05, 4.69) is 5.32 Å². The van der Waals surface area contributed by atoms with Crippen LogP contribution in [0.4, 0.5) is 22.0 Å². The molecule has 2 aliphatic rings. The lowest BCUT2D eigenvalue weighted by Gasteiger charge is -2.29. The minimum absolute atomic E-state index is 0.138. The number of fused-ring (bicyclic) bond motifs is 1. The van der Waals surface area contributed by atoms with Crippen LogP contribution in [0.2, 0.25) is 0 Å². The van der Waals surface area contributed by atoms with Gasteiger partial charge in [0.1, 0.15) is 0 Å². The molecule has 0 spiro atoms. The minimum atomic E-state index is -4.28. The Morgan fingerprint density at radius 3 is 2.52 bits per heavy atom. The molecule has 2 atom stereocenters. The number of benzene rings is 1. The van der Waals surface area contributed by atoms with Gasteiger partial charge in [-0.2, -0.15) is 13.2 Å². The zero-order valence-corrected chi connectivity index (χ0v) is 13.9. The predicted molar refractivity (Wildman–Crippen MR) is 79.8 cm³/mol. The fourth-order valence-electron chi connectivity index (χ4n) is 3.45. The highest BCUT2D eigenvalue weighted by molar-refractivity contribution is 7.91. The lowest BCUT2D eigenvalue weighted by molar-refractivity contribution is -0.143. The molecule has 25 heavy (non-hydrogen) atoms. The standard InChI is InChI=1S/C15H17F5N2O2S/c16-11-5-10-13(2-4-25(23,24)14(10)6-12(11)17)21-9-1-3-22(7-9)8-15(18,19)20/h5-6,9,13,21H,1-4,7-8H2/t9-,13-/m0/s1. The van der Waals surface area contributed by atoms with Gasteiger partial charge in [0.05, 0.1) is 17.2 Å². The molecular weight excluding hydrogens is 367 g/mol. The van der Waals surface area contributed by atoms with Crippen LogP contribution in [-0.2, 0) is 9.84 Å². The Morgan fingerprint density at radius 2 is 1.84 bits per heavy atom. The van der Waals surface area contributed by atoms with E-state index in [0.717, 1.165) is 6.07 Å². The molecule has 1 aromatic carbocycles. The second kappa shape index (κ2) is 6.48. The van der Waals surface area contributed by atoms with Crippen LogP contribution in [0.5, 0.6) is 0 Å². The third-order valence-electron chi connectivity index (χ3n) is 4.55. The van der Waals surface area contributed by atoms with Gasteiger partial charge in [0.15, 0.2) is 21.5 Å². The molecule has 0 saturated carbocycles. The van der Waals surface area contributed by atoms with Gasteiger partial charge in [-0.15, -0.1) is 0 Å². The van der Waals surface area contributed by atoms with Crippen molar-refractivity contribution in [2.75, 3.05) is 25.4 Å². The summed E-state index contributed by atoms with van der Waals surface area (Å²) in [5.41, 5.74) is 0.138. The molecule has 1 aromatic rings. The molecule has 0 radical (unpaired) electrons. The van der Waals surface area contributed by atoms with Gasteiger partial charge in [-0.3, -0.25) is 4.90 Å². The van der Waals surface area contributed by atoms with Crippen molar-refractivity contribution in [3.63, 3.8) is 0 Å². The fraction of sp³-hybridized carbons (Fsp3) is 0.600. The number of halogens is 5. The Morgan fingerprint density at radius 1 is 1.16 bits per heavy atom. The van der Waals surface area contributed by atoms with Crippen LogP contribution in [0.3, 0.4) is 0 Å². The molecule has 140 valence electrons. The predicted octanol–water partition coefficient (Wildman–Crippen LogP) is 2.41. The number of rotatable bonds is 3. The largest absolute Gasteiger partial charge is 0.401 e. The first kappa shape index (κ1) is 18.5. The van der Waals surface area contributed by atoms with Crippen molar-refractivity contribution in [1.82, 2.24) is 10.2 Å². The molecular formula is C15H17F5N2O2S. The molecule has 1 N–H and O–H groups in total. The molecule has 2 aliphatic heterocycles. The van der Waals surface area contributed by atoms with Crippen molar-refractivity contribution in [3.05, 3.63) is 29.3 Å². The summed E-state index contributed by atoms with van der Waals surface area (Å²) in [5.74, 6) is -2.60. The van der Waals surface area contributed by atoms with Gasteiger partial charge in [0.25, 0.3) is 0 Å². The summed E-state index contributed by atoms with van der Waals surface area (Å²) in [6.07, 6.45) is -3.64. The number of likely N-dealkylation sites (tertiary alicyclic amines) is 1. The smallest absolute Gasteiger partial charge is 0.306 e. The first-order valence-corrected chi connectivity index (χ1v) is 9.47. The van der Waals surface area contributed by atoms with Crippen LogP contribution in [-0.4, -0.2) is 50.9 Å². The molecule has 0 aromatic heterocycles. The highest BCUT2D eigenvalue weighted by Gasteiger charge is 2.37. The first-order chi connectivity index (χ1) is 11.5. The number of nitrogens with one attached hydrogen (secondary N) is 1. The van der Waals surface area contributed by atoms with Crippen molar-refractivity contribution in [1.29, 1.82) is 0 Å². The molecule has 0 bridgehead atoms. The zero-order valence-electron chi connectivity index (χ0n) is 13.1. The van der Waals surface area contributed by atoms with Gasteiger partial charge in [-0.1, -0.05) is 0 Å². The normalized spacial score (nSPS) is 26.6. The van der Waals surface area contributed by atoms with Crippen LogP contribution >= 0.6 is 0 Å².